The molecule has 0 aliphatic rings. The van der Waals surface area contributed by atoms with Gasteiger partial charge in [0, 0.05) is 11.0 Å². The second-order valence-corrected chi connectivity index (χ2v) is 3.79. The van der Waals surface area contributed by atoms with Crippen molar-refractivity contribution in [1.29, 1.82) is 0 Å². The molecule has 0 aromatic heterocycles. The van der Waals surface area contributed by atoms with Gasteiger partial charge in [-0.15, -0.1) is 0 Å². The van der Waals surface area contributed by atoms with Gasteiger partial charge in [-0.2, -0.15) is 0 Å². The standard InChI is InChI=1S/C10H10BrNO3/c11-8-4-2-1-3-7(8)6-12-9(13)5-10(14)15/h1-4H,5-6H2,(H,12,13)(H,14,15). The van der Waals surface area contributed by atoms with E-state index in [1.165, 1.54) is 0 Å². The van der Waals surface area contributed by atoms with E-state index >= 15 is 0 Å². The number of hydrogen-bond acceptors (Lipinski definition) is 2. The molecular weight excluding hydrogens is 262 g/mol. The number of carboxylic acids is 1. The molecule has 0 bridgehead atoms. The summed E-state index contributed by atoms with van der Waals surface area (Å²) in [6, 6.07) is 7.43. The van der Waals surface area contributed by atoms with Crippen LogP contribution in [0.4, 0.5) is 0 Å². The topological polar surface area (TPSA) is 66.4 Å². The van der Waals surface area contributed by atoms with Gasteiger partial charge in [-0.05, 0) is 11.6 Å². The lowest BCUT2D eigenvalue weighted by molar-refractivity contribution is -0.140. The molecule has 0 heterocycles. The maximum Gasteiger partial charge on any atom is 0.312 e. The highest BCUT2D eigenvalue weighted by molar-refractivity contribution is 9.10. The number of amides is 1. The molecule has 1 amide bonds. The summed E-state index contributed by atoms with van der Waals surface area (Å²) in [6.45, 7) is 0.327. The molecule has 1 aromatic carbocycles. The van der Waals surface area contributed by atoms with Gasteiger partial charge < -0.3 is 10.4 Å². The summed E-state index contributed by atoms with van der Waals surface area (Å²) < 4.78 is 0.889. The summed E-state index contributed by atoms with van der Waals surface area (Å²) in [4.78, 5) is 21.2. The van der Waals surface area contributed by atoms with Gasteiger partial charge in [-0.25, -0.2) is 0 Å². The molecule has 1 rings (SSSR count). The lowest BCUT2D eigenvalue weighted by Crippen LogP contribution is -2.25. The van der Waals surface area contributed by atoms with Gasteiger partial charge in [-0.3, -0.25) is 9.59 Å². The minimum absolute atomic E-state index is 0.327. The number of rotatable bonds is 4. The molecule has 0 fully saturated rings. The quantitative estimate of drug-likeness (QED) is 0.817. The Labute approximate surface area is 95.4 Å². The second-order valence-electron chi connectivity index (χ2n) is 2.94. The Balaban J connectivity index is 2.47. The van der Waals surface area contributed by atoms with Crippen LogP contribution in [0.25, 0.3) is 0 Å². The summed E-state index contributed by atoms with van der Waals surface area (Å²) in [5, 5.41) is 10.9. The third kappa shape index (κ3) is 4.12. The highest BCUT2D eigenvalue weighted by Gasteiger charge is 2.07. The van der Waals surface area contributed by atoms with E-state index in [0.29, 0.717) is 6.54 Å². The van der Waals surface area contributed by atoms with E-state index in [0.717, 1.165) is 10.0 Å². The van der Waals surface area contributed by atoms with Gasteiger partial charge in [0.05, 0.1) is 0 Å². The van der Waals surface area contributed by atoms with Crippen molar-refractivity contribution in [1.82, 2.24) is 5.32 Å². The third-order valence-corrected chi connectivity index (χ3v) is 2.52. The molecule has 2 N–H and O–H groups in total. The van der Waals surface area contributed by atoms with E-state index < -0.39 is 18.3 Å². The predicted molar refractivity (Wildman–Crippen MR) is 58.2 cm³/mol. The van der Waals surface area contributed by atoms with Crippen LogP contribution in [0.2, 0.25) is 0 Å². The largest absolute Gasteiger partial charge is 0.481 e. The molecule has 15 heavy (non-hydrogen) atoms. The highest BCUT2D eigenvalue weighted by Crippen LogP contribution is 2.15. The fraction of sp³-hybridized carbons (Fsp3) is 0.200. The molecule has 1 aromatic rings. The molecule has 0 saturated heterocycles. The Morgan fingerprint density at radius 2 is 2.00 bits per heavy atom. The summed E-state index contributed by atoms with van der Waals surface area (Å²) in [5.74, 6) is -1.61. The van der Waals surface area contributed by atoms with Crippen LogP contribution in [0.15, 0.2) is 28.7 Å². The number of carbonyl (C=O) groups is 2. The zero-order valence-electron chi connectivity index (χ0n) is 7.87. The first-order valence-corrected chi connectivity index (χ1v) is 5.11. The summed E-state index contributed by atoms with van der Waals surface area (Å²) in [5.41, 5.74) is 0.913. The first-order valence-electron chi connectivity index (χ1n) is 4.31. The summed E-state index contributed by atoms with van der Waals surface area (Å²) >= 11 is 3.33. The highest BCUT2D eigenvalue weighted by atomic mass is 79.9. The van der Waals surface area contributed by atoms with Crippen LogP contribution in [0, 0.1) is 0 Å². The number of aliphatic carboxylic acids is 1. The molecule has 0 aliphatic heterocycles. The van der Waals surface area contributed by atoms with E-state index in [-0.39, 0.29) is 0 Å². The number of carboxylic acid groups (broad SMARTS) is 1. The maximum atomic E-state index is 11.0. The fourth-order valence-corrected chi connectivity index (χ4v) is 1.46. The third-order valence-electron chi connectivity index (χ3n) is 1.75. The average molecular weight is 272 g/mol. The van der Waals surface area contributed by atoms with Crippen molar-refractivity contribution in [2.24, 2.45) is 0 Å². The van der Waals surface area contributed by atoms with Gasteiger partial charge in [0.2, 0.25) is 5.91 Å². The average Bonchev–Trinajstić information content (AvgIpc) is 2.15. The molecule has 5 heteroatoms. The zero-order chi connectivity index (χ0) is 11.3. The van der Waals surface area contributed by atoms with Crippen molar-refractivity contribution >= 4 is 27.8 Å². The van der Waals surface area contributed by atoms with Gasteiger partial charge in [0.15, 0.2) is 0 Å². The van der Waals surface area contributed by atoms with E-state index in [9.17, 15) is 9.59 Å². The molecule has 0 atom stereocenters. The van der Waals surface area contributed by atoms with Crippen molar-refractivity contribution in [3.8, 4) is 0 Å². The molecular formula is C10H10BrNO3. The molecule has 0 aliphatic carbocycles. The monoisotopic (exact) mass is 271 g/mol. The number of benzene rings is 1. The minimum Gasteiger partial charge on any atom is -0.481 e. The van der Waals surface area contributed by atoms with Crippen LogP contribution in [-0.4, -0.2) is 17.0 Å². The Kier molecular flexibility index (Phi) is 4.30. The van der Waals surface area contributed by atoms with E-state index in [1.807, 2.05) is 24.3 Å². The van der Waals surface area contributed by atoms with Gasteiger partial charge >= 0.3 is 5.97 Å². The summed E-state index contributed by atoms with van der Waals surface area (Å²) in [7, 11) is 0. The zero-order valence-corrected chi connectivity index (χ0v) is 9.45. The van der Waals surface area contributed by atoms with Crippen LogP contribution in [0.1, 0.15) is 12.0 Å². The SMILES string of the molecule is O=C(O)CC(=O)NCc1ccccc1Br. The Morgan fingerprint density at radius 1 is 1.33 bits per heavy atom. The van der Waals surface area contributed by atoms with Gasteiger partial charge in [0.25, 0.3) is 0 Å². The number of carbonyl (C=O) groups excluding carboxylic acids is 1. The number of halogens is 1. The second kappa shape index (κ2) is 5.50. The molecule has 0 saturated carbocycles. The van der Waals surface area contributed by atoms with Crippen molar-refractivity contribution < 1.29 is 14.7 Å². The van der Waals surface area contributed by atoms with Gasteiger partial charge in [-0.1, -0.05) is 34.1 Å². The van der Waals surface area contributed by atoms with Crippen LogP contribution in [0.5, 0.6) is 0 Å². The fourth-order valence-electron chi connectivity index (χ4n) is 1.04. The predicted octanol–water partition coefficient (Wildman–Crippen LogP) is 1.54. The number of hydrogen-bond donors (Lipinski definition) is 2. The van der Waals surface area contributed by atoms with Crippen molar-refractivity contribution in [3.05, 3.63) is 34.3 Å². The van der Waals surface area contributed by atoms with E-state index in [2.05, 4.69) is 21.2 Å². The van der Waals surface area contributed by atoms with E-state index in [1.54, 1.807) is 0 Å². The van der Waals surface area contributed by atoms with Crippen molar-refractivity contribution in [3.63, 3.8) is 0 Å². The normalized spacial score (nSPS) is 9.67. The van der Waals surface area contributed by atoms with Gasteiger partial charge in [0.1, 0.15) is 6.42 Å². The summed E-state index contributed by atoms with van der Waals surface area (Å²) in [6.07, 6.45) is -0.496. The van der Waals surface area contributed by atoms with Crippen molar-refractivity contribution in [2.75, 3.05) is 0 Å². The Bertz CT molecular complexity index is 379. The molecule has 0 unspecified atom stereocenters. The molecule has 0 spiro atoms. The maximum absolute atomic E-state index is 11.0. The minimum atomic E-state index is -1.13. The first kappa shape index (κ1) is 11.7. The molecule has 80 valence electrons. The Hall–Kier alpha value is -1.36. The molecule has 0 radical (unpaired) electrons. The first-order chi connectivity index (χ1) is 7.09. The van der Waals surface area contributed by atoms with Crippen LogP contribution < -0.4 is 5.32 Å². The van der Waals surface area contributed by atoms with Crippen LogP contribution >= 0.6 is 15.9 Å². The Morgan fingerprint density at radius 3 is 2.60 bits per heavy atom. The van der Waals surface area contributed by atoms with E-state index in [4.69, 9.17) is 5.11 Å². The van der Waals surface area contributed by atoms with Crippen LogP contribution in [-0.2, 0) is 16.1 Å². The number of nitrogens with one attached hydrogen (secondary N) is 1. The lowest BCUT2D eigenvalue weighted by Gasteiger charge is -2.05. The van der Waals surface area contributed by atoms with Crippen molar-refractivity contribution in [2.45, 2.75) is 13.0 Å². The lowest BCUT2D eigenvalue weighted by atomic mass is 10.2. The molecule has 4 nitrogen and oxygen atoms in total. The smallest absolute Gasteiger partial charge is 0.312 e. The van der Waals surface area contributed by atoms with Crippen LogP contribution in [0.3, 0.4) is 0 Å².